The molecule has 1 N–H and O–H groups in total. The largest absolute Gasteiger partial charge is 0.491 e. The summed E-state index contributed by atoms with van der Waals surface area (Å²) in [6, 6.07) is 13.0. The molecule has 0 saturated carbocycles. The first kappa shape index (κ1) is 24.5. The maximum Gasteiger partial charge on any atom is 0.241 e. The zero-order valence-electron chi connectivity index (χ0n) is 19.3. The second kappa shape index (κ2) is 11.2. The van der Waals surface area contributed by atoms with Crippen molar-refractivity contribution in [3.05, 3.63) is 64.0 Å². The van der Waals surface area contributed by atoms with Crippen molar-refractivity contribution in [3.8, 4) is 17.1 Å². The van der Waals surface area contributed by atoms with Gasteiger partial charge in [-0.25, -0.2) is 0 Å². The van der Waals surface area contributed by atoms with Gasteiger partial charge >= 0.3 is 0 Å². The second-order valence-corrected chi connectivity index (χ2v) is 9.56. The molecule has 0 radical (unpaired) electrons. The van der Waals surface area contributed by atoms with Gasteiger partial charge in [0.05, 0.1) is 17.6 Å². The Kier molecular flexibility index (Phi) is 8.08. The summed E-state index contributed by atoms with van der Waals surface area (Å²) in [4.78, 5) is 19.4. The first-order valence-electron chi connectivity index (χ1n) is 11.4. The van der Waals surface area contributed by atoms with Gasteiger partial charge in [-0.1, -0.05) is 46.1 Å². The maximum absolute atomic E-state index is 12.7. The van der Waals surface area contributed by atoms with Gasteiger partial charge in [-0.15, -0.1) is 0 Å². The SMILES string of the molecule is Cc1ccc(OCC(C)NC(=O)C2CCN(Cc3nc(-c4ccc(Cl)cc4Cl)no3)CC2)cc1. The number of carbonyl (C=O) groups excluding carboxylic acids is 1. The van der Waals surface area contributed by atoms with Crippen LogP contribution in [0.25, 0.3) is 11.4 Å². The van der Waals surface area contributed by atoms with Crippen LogP contribution in [0, 0.1) is 12.8 Å². The second-order valence-electron chi connectivity index (χ2n) is 8.72. The number of aryl methyl sites for hydroxylation is 1. The lowest BCUT2D eigenvalue weighted by Crippen LogP contribution is -2.44. The number of likely N-dealkylation sites (tertiary alicyclic amines) is 1. The van der Waals surface area contributed by atoms with E-state index in [1.54, 1.807) is 18.2 Å². The number of nitrogens with zero attached hydrogens (tertiary/aromatic N) is 3. The third-order valence-electron chi connectivity index (χ3n) is 5.87. The molecule has 1 aliphatic heterocycles. The van der Waals surface area contributed by atoms with Gasteiger partial charge in [0, 0.05) is 16.5 Å². The summed E-state index contributed by atoms with van der Waals surface area (Å²) in [7, 11) is 0. The predicted octanol–water partition coefficient (Wildman–Crippen LogP) is 5.15. The quantitative estimate of drug-likeness (QED) is 0.458. The topological polar surface area (TPSA) is 80.5 Å². The van der Waals surface area contributed by atoms with E-state index in [-0.39, 0.29) is 17.9 Å². The van der Waals surface area contributed by atoms with E-state index in [0.29, 0.717) is 40.5 Å². The Bertz CT molecular complexity index is 1110. The third kappa shape index (κ3) is 6.50. The molecule has 1 atom stereocenters. The first-order valence-corrected chi connectivity index (χ1v) is 12.1. The number of rotatable bonds is 8. The molecule has 2 aromatic carbocycles. The molecule has 1 unspecified atom stereocenters. The van der Waals surface area contributed by atoms with Crippen LogP contribution in [0.15, 0.2) is 47.0 Å². The van der Waals surface area contributed by atoms with Crippen LogP contribution < -0.4 is 10.1 Å². The Morgan fingerprint density at radius 2 is 1.94 bits per heavy atom. The Morgan fingerprint density at radius 1 is 1.21 bits per heavy atom. The van der Waals surface area contributed by atoms with Gasteiger partial charge in [0.15, 0.2) is 0 Å². The zero-order valence-corrected chi connectivity index (χ0v) is 20.8. The highest BCUT2D eigenvalue weighted by molar-refractivity contribution is 6.36. The molecule has 3 aromatic rings. The van der Waals surface area contributed by atoms with Crippen LogP contribution in [0.4, 0.5) is 0 Å². The van der Waals surface area contributed by atoms with Gasteiger partial charge in [0.25, 0.3) is 0 Å². The number of nitrogens with one attached hydrogen (secondary N) is 1. The van der Waals surface area contributed by atoms with E-state index in [2.05, 4.69) is 20.4 Å². The van der Waals surface area contributed by atoms with E-state index in [9.17, 15) is 4.79 Å². The van der Waals surface area contributed by atoms with Crippen molar-refractivity contribution in [1.29, 1.82) is 0 Å². The van der Waals surface area contributed by atoms with Gasteiger partial charge in [0.2, 0.25) is 17.6 Å². The molecule has 7 nitrogen and oxygen atoms in total. The molecular formula is C25H28Cl2N4O3. The third-order valence-corrected chi connectivity index (χ3v) is 6.41. The summed E-state index contributed by atoms with van der Waals surface area (Å²) < 4.78 is 11.2. The van der Waals surface area contributed by atoms with Crippen molar-refractivity contribution in [2.45, 2.75) is 39.3 Å². The molecule has 34 heavy (non-hydrogen) atoms. The fourth-order valence-corrected chi connectivity index (χ4v) is 4.39. The molecule has 0 bridgehead atoms. The fourth-order valence-electron chi connectivity index (χ4n) is 3.90. The minimum Gasteiger partial charge on any atom is -0.491 e. The number of halogens is 2. The van der Waals surface area contributed by atoms with E-state index >= 15 is 0 Å². The van der Waals surface area contributed by atoms with Gasteiger partial charge in [-0.2, -0.15) is 4.98 Å². The number of benzene rings is 2. The number of hydrogen-bond donors (Lipinski definition) is 1. The Morgan fingerprint density at radius 3 is 2.65 bits per heavy atom. The number of carbonyl (C=O) groups is 1. The molecule has 0 spiro atoms. The van der Waals surface area contributed by atoms with E-state index in [0.717, 1.165) is 31.7 Å². The molecule has 1 saturated heterocycles. The summed E-state index contributed by atoms with van der Waals surface area (Å²) in [5, 5.41) is 8.16. The molecule has 1 aliphatic rings. The number of hydrogen-bond acceptors (Lipinski definition) is 6. The highest BCUT2D eigenvalue weighted by atomic mass is 35.5. The van der Waals surface area contributed by atoms with Gasteiger partial charge < -0.3 is 14.6 Å². The monoisotopic (exact) mass is 502 g/mol. The van der Waals surface area contributed by atoms with Crippen LogP contribution in [0.5, 0.6) is 5.75 Å². The van der Waals surface area contributed by atoms with Crippen LogP contribution in [-0.2, 0) is 11.3 Å². The lowest BCUT2D eigenvalue weighted by Gasteiger charge is -2.30. The molecular weight excluding hydrogens is 475 g/mol. The van der Waals surface area contributed by atoms with Gasteiger partial charge in [-0.3, -0.25) is 9.69 Å². The molecule has 2 heterocycles. The Labute approximate surface area is 209 Å². The average Bonchev–Trinajstić information content (AvgIpc) is 3.27. The lowest BCUT2D eigenvalue weighted by molar-refractivity contribution is -0.127. The average molecular weight is 503 g/mol. The van der Waals surface area contributed by atoms with Crippen LogP contribution in [0.3, 0.4) is 0 Å². The normalized spacial score (nSPS) is 15.8. The van der Waals surface area contributed by atoms with Crippen molar-refractivity contribution < 1.29 is 14.1 Å². The molecule has 0 aliphatic carbocycles. The van der Waals surface area contributed by atoms with Gasteiger partial charge in [-0.05, 0) is 70.1 Å². The van der Waals surface area contributed by atoms with Crippen molar-refractivity contribution >= 4 is 29.1 Å². The molecule has 9 heteroatoms. The standard InChI is InChI=1S/C25H28Cl2N4O3/c1-16-3-6-20(7-4-16)33-15-17(2)28-25(32)18-9-11-31(12-10-18)14-23-29-24(30-34-23)21-8-5-19(26)13-22(21)27/h3-8,13,17-18H,9-12,14-15H2,1-2H3,(H,28,32). The minimum atomic E-state index is -0.0664. The lowest BCUT2D eigenvalue weighted by atomic mass is 9.95. The smallest absolute Gasteiger partial charge is 0.241 e. The number of ether oxygens (including phenoxy) is 1. The highest BCUT2D eigenvalue weighted by Crippen LogP contribution is 2.28. The van der Waals surface area contributed by atoms with Crippen LogP contribution in [0.1, 0.15) is 31.2 Å². The van der Waals surface area contributed by atoms with Crippen molar-refractivity contribution in [2.24, 2.45) is 5.92 Å². The summed E-state index contributed by atoms with van der Waals surface area (Å²) in [6.07, 6.45) is 1.56. The number of aromatic nitrogens is 2. The van der Waals surface area contributed by atoms with Crippen molar-refractivity contribution in [1.82, 2.24) is 20.4 Å². The van der Waals surface area contributed by atoms with E-state index < -0.39 is 0 Å². The maximum atomic E-state index is 12.7. The number of amides is 1. The fraction of sp³-hybridized carbons (Fsp3) is 0.400. The summed E-state index contributed by atoms with van der Waals surface area (Å²) in [6.45, 7) is 6.53. The van der Waals surface area contributed by atoms with E-state index in [1.165, 1.54) is 5.56 Å². The minimum absolute atomic E-state index is 0.0100. The summed E-state index contributed by atoms with van der Waals surface area (Å²) in [5.41, 5.74) is 1.86. The molecule has 1 aromatic heterocycles. The van der Waals surface area contributed by atoms with Gasteiger partial charge in [0.1, 0.15) is 12.4 Å². The first-order chi connectivity index (χ1) is 16.4. The number of piperidine rings is 1. The van der Waals surface area contributed by atoms with E-state index in [4.69, 9.17) is 32.5 Å². The van der Waals surface area contributed by atoms with Crippen LogP contribution in [-0.4, -0.2) is 46.7 Å². The molecule has 1 fully saturated rings. The summed E-state index contributed by atoms with van der Waals surface area (Å²) >= 11 is 12.2. The summed E-state index contributed by atoms with van der Waals surface area (Å²) in [5.74, 6) is 1.84. The molecule has 4 rings (SSSR count). The van der Waals surface area contributed by atoms with Crippen molar-refractivity contribution in [2.75, 3.05) is 19.7 Å². The van der Waals surface area contributed by atoms with E-state index in [1.807, 2.05) is 38.1 Å². The van der Waals surface area contributed by atoms with Crippen molar-refractivity contribution in [3.63, 3.8) is 0 Å². The predicted molar refractivity (Wildman–Crippen MR) is 132 cm³/mol. The van der Waals surface area contributed by atoms with Crippen LogP contribution >= 0.6 is 23.2 Å². The van der Waals surface area contributed by atoms with Crippen LogP contribution in [0.2, 0.25) is 10.0 Å². The molecule has 180 valence electrons. The zero-order chi connectivity index (χ0) is 24.1. The molecule has 1 amide bonds. The Hall–Kier alpha value is -2.61. The highest BCUT2D eigenvalue weighted by Gasteiger charge is 2.27. The Balaban J connectivity index is 1.21.